The van der Waals surface area contributed by atoms with Crippen LogP contribution in [0.5, 0.6) is 0 Å². The Morgan fingerprint density at radius 2 is 2.00 bits per heavy atom. The normalized spacial score (nSPS) is 15.9. The van der Waals surface area contributed by atoms with Crippen LogP contribution >= 0.6 is 0 Å². The van der Waals surface area contributed by atoms with Crippen LogP contribution in [0, 0.1) is 5.92 Å². The second-order valence-corrected chi connectivity index (χ2v) is 7.06. The topological polar surface area (TPSA) is 68.8 Å². The Kier molecular flexibility index (Phi) is 5.39. The summed E-state index contributed by atoms with van der Waals surface area (Å²) in [5, 5.41) is 4.25. The molecule has 7 heteroatoms. The molecule has 0 bridgehead atoms. The highest BCUT2D eigenvalue weighted by atomic mass is 16.1. The Balaban J connectivity index is 1.30. The number of pyridine rings is 1. The minimum absolute atomic E-state index is 0.00460. The number of likely N-dealkylation sites (tertiary alicyclic amines) is 1. The molecule has 0 radical (unpaired) electrons. The molecule has 0 atom stereocenters. The molecule has 1 saturated heterocycles. The van der Waals surface area contributed by atoms with Gasteiger partial charge in [-0.25, -0.2) is 4.98 Å². The van der Waals surface area contributed by atoms with E-state index >= 15 is 0 Å². The Bertz CT molecular complexity index is 898. The summed E-state index contributed by atoms with van der Waals surface area (Å²) in [7, 11) is 0. The Morgan fingerprint density at radius 3 is 2.70 bits per heavy atom. The second kappa shape index (κ2) is 8.26. The molecule has 0 unspecified atom stereocenters. The molecule has 0 saturated carbocycles. The third-order valence-electron chi connectivity index (χ3n) is 5.20. The molecule has 0 aromatic carbocycles. The highest BCUT2D eigenvalue weighted by Gasteiger charge is 2.20. The maximum absolute atomic E-state index is 12.5. The lowest BCUT2D eigenvalue weighted by Gasteiger charge is -2.32. The lowest BCUT2D eigenvalue weighted by atomic mass is 9.96. The van der Waals surface area contributed by atoms with E-state index in [0.29, 0.717) is 11.6 Å². The van der Waals surface area contributed by atoms with Crippen LogP contribution in [0.25, 0.3) is 11.3 Å². The van der Waals surface area contributed by atoms with Gasteiger partial charge in [0.15, 0.2) is 0 Å². The van der Waals surface area contributed by atoms with Gasteiger partial charge in [-0.2, -0.15) is 5.10 Å². The molecular formula is C20H24N6O. The summed E-state index contributed by atoms with van der Waals surface area (Å²) in [6.45, 7) is 4.84. The van der Waals surface area contributed by atoms with Gasteiger partial charge in [0.25, 0.3) is 5.56 Å². The highest BCUT2D eigenvalue weighted by Crippen LogP contribution is 2.19. The molecular weight excluding hydrogens is 340 g/mol. The van der Waals surface area contributed by atoms with E-state index in [0.717, 1.165) is 51.1 Å². The molecule has 0 N–H and O–H groups in total. The molecule has 0 aliphatic carbocycles. The quantitative estimate of drug-likeness (QED) is 0.668. The molecule has 3 aromatic rings. The van der Waals surface area contributed by atoms with Crippen LogP contribution in [-0.2, 0) is 13.1 Å². The van der Waals surface area contributed by atoms with Crippen molar-refractivity contribution in [3.8, 4) is 11.3 Å². The van der Waals surface area contributed by atoms with Gasteiger partial charge in [0.05, 0.1) is 18.6 Å². The maximum Gasteiger partial charge on any atom is 0.253 e. The average molecular weight is 364 g/mol. The van der Waals surface area contributed by atoms with Gasteiger partial charge in [-0.1, -0.05) is 0 Å². The summed E-state index contributed by atoms with van der Waals surface area (Å²) in [6.07, 6.45) is 11.1. The van der Waals surface area contributed by atoms with E-state index in [4.69, 9.17) is 0 Å². The lowest BCUT2D eigenvalue weighted by molar-refractivity contribution is 0.166. The fraction of sp³-hybridized carbons (Fsp3) is 0.400. The zero-order chi connectivity index (χ0) is 18.5. The molecule has 3 aromatic heterocycles. The predicted octanol–water partition coefficient (Wildman–Crippen LogP) is 1.91. The fourth-order valence-electron chi connectivity index (χ4n) is 3.58. The van der Waals surface area contributed by atoms with E-state index in [-0.39, 0.29) is 5.56 Å². The molecule has 7 nitrogen and oxygen atoms in total. The third kappa shape index (κ3) is 4.49. The number of rotatable bonds is 6. The van der Waals surface area contributed by atoms with Crippen molar-refractivity contribution in [2.45, 2.75) is 25.9 Å². The van der Waals surface area contributed by atoms with Crippen LogP contribution in [-0.4, -0.2) is 48.8 Å². The zero-order valence-corrected chi connectivity index (χ0v) is 15.3. The Labute approximate surface area is 158 Å². The summed E-state index contributed by atoms with van der Waals surface area (Å²) in [6, 6.07) is 7.33. The minimum atomic E-state index is 0.00460. The first-order valence-electron chi connectivity index (χ1n) is 9.44. The van der Waals surface area contributed by atoms with Gasteiger partial charge in [0.1, 0.15) is 0 Å². The number of piperidine rings is 1. The van der Waals surface area contributed by atoms with Gasteiger partial charge in [-0.3, -0.25) is 19.0 Å². The molecule has 1 aliphatic heterocycles. The molecule has 0 amide bonds. The largest absolute Gasteiger partial charge is 0.301 e. The summed E-state index contributed by atoms with van der Waals surface area (Å²) < 4.78 is 3.71. The number of aromatic nitrogens is 5. The van der Waals surface area contributed by atoms with Crippen molar-refractivity contribution in [3.63, 3.8) is 0 Å². The first kappa shape index (κ1) is 17.6. The predicted molar refractivity (Wildman–Crippen MR) is 103 cm³/mol. The highest BCUT2D eigenvalue weighted by molar-refractivity contribution is 5.56. The van der Waals surface area contributed by atoms with Gasteiger partial charge >= 0.3 is 0 Å². The molecule has 4 heterocycles. The van der Waals surface area contributed by atoms with E-state index in [1.165, 1.54) is 0 Å². The van der Waals surface area contributed by atoms with Crippen molar-refractivity contribution >= 4 is 0 Å². The number of nitrogens with zero attached hydrogens (tertiary/aromatic N) is 6. The van der Waals surface area contributed by atoms with Crippen molar-refractivity contribution in [2.75, 3.05) is 19.6 Å². The number of hydrogen-bond donors (Lipinski definition) is 0. The zero-order valence-electron chi connectivity index (χ0n) is 15.3. The molecule has 0 spiro atoms. The van der Waals surface area contributed by atoms with Crippen LogP contribution in [0.15, 0.2) is 60.2 Å². The Morgan fingerprint density at radius 1 is 1.11 bits per heavy atom. The van der Waals surface area contributed by atoms with Crippen LogP contribution in [0.3, 0.4) is 0 Å². The first-order valence-corrected chi connectivity index (χ1v) is 9.44. The average Bonchev–Trinajstić information content (AvgIpc) is 3.23. The number of hydrogen-bond acceptors (Lipinski definition) is 5. The summed E-state index contributed by atoms with van der Waals surface area (Å²) >= 11 is 0. The monoisotopic (exact) mass is 364 g/mol. The summed E-state index contributed by atoms with van der Waals surface area (Å²) in [5.41, 5.74) is 1.55. The van der Waals surface area contributed by atoms with Crippen LogP contribution in [0.4, 0.5) is 0 Å². The van der Waals surface area contributed by atoms with E-state index in [2.05, 4.69) is 20.0 Å². The van der Waals surface area contributed by atoms with Crippen molar-refractivity contribution in [1.82, 2.24) is 29.2 Å². The summed E-state index contributed by atoms with van der Waals surface area (Å²) in [5.74, 6) is 0.523. The molecule has 1 fully saturated rings. The van der Waals surface area contributed by atoms with E-state index in [1.807, 2.05) is 35.3 Å². The van der Waals surface area contributed by atoms with E-state index in [1.54, 1.807) is 29.4 Å². The first-order chi connectivity index (χ1) is 13.3. The fourth-order valence-corrected chi connectivity index (χ4v) is 3.58. The Hall–Kier alpha value is -2.80. The van der Waals surface area contributed by atoms with Crippen molar-refractivity contribution in [2.24, 2.45) is 5.92 Å². The minimum Gasteiger partial charge on any atom is -0.301 e. The SMILES string of the molecule is O=c1cc(-c2cccnc2)ncn1CC1CCN(CCn2cccn2)CC1. The third-order valence-corrected chi connectivity index (χ3v) is 5.20. The van der Waals surface area contributed by atoms with Gasteiger partial charge < -0.3 is 4.90 Å². The second-order valence-electron chi connectivity index (χ2n) is 7.06. The standard InChI is InChI=1S/C20H24N6O/c27-20-13-19(18-3-1-6-21-14-18)22-16-25(20)15-17-4-9-24(10-5-17)11-12-26-8-2-7-23-26/h1-3,6-8,13-14,16-17H,4-5,9-12,15H2. The van der Waals surface area contributed by atoms with E-state index in [9.17, 15) is 4.79 Å². The van der Waals surface area contributed by atoms with Gasteiger partial charge in [0, 0.05) is 49.5 Å². The lowest BCUT2D eigenvalue weighted by Crippen LogP contribution is -2.38. The molecule has 140 valence electrons. The molecule has 1 aliphatic rings. The smallest absolute Gasteiger partial charge is 0.253 e. The van der Waals surface area contributed by atoms with Gasteiger partial charge in [0.2, 0.25) is 0 Å². The van der Waals surface area contributed by atoms with Crippen molar-refractivity contribution in [1.29, 1.82) is 0 Å². The van der Waals surface area contributed by atoms with Crippen molar-refractivity contribution < 1.29 is 0 Å². The molecule has 27 heavy (non-hydrogen) atoms. The van der Waals surface area contributed by atoms with Crippen LogP contribution in [0.1, 0.15) is 12.8 Å². The maximum atomic E-state index is 12.5. The van der Waals surface area contributed by atoms with Crippen LogP contribution < -0.4 is 5.56 Å². The van der Waals surface area contributed by atoms with Gasteiger partial charge in [-0.15, -0.1) is 0 Å². The van der Waals surface area contributed by atoms with Crippen molar-refractivity contribution in [3.05, 3.63) is 65.7 Å². The van der Waals surface area contributed by atoms with Crippen LogP contribution in [0.2, 0.25) is 0 Å². The molecule has 4 rings (SSSR count). The summed E-state index contributed by atoms with van der Waals surface area (Å²) in [4.78, 5) is 23.5. The van der Waals surface area contributed by atoms with E-state index < -0.39 is 0 Å². The van der Waals surface area contributed by atoms with Gasteiger partial charge in [-0.05, 0) is 50.0 Å².